The molecule has 1 N–H and O–H groups in total. The fourth-order valence-corrected chi connectivity index (χ4v) is 3.84. The fraction of sp³-hybridized carbons (Fsp3) is 0.944. The van der Waals surface area contributed by atoms with Gasteiger partial charge in [-0.3, -0.25) is 0 Å². The molecule has 3 unspecified atom stereocenters. The van der Waals surface area contributed by atoms with Crippen LogP contribution in [0.2, 0.25) is 0 Å². The molecular formula is C18H34N2O3. The zero-order valence-corrected chi connectivity index (χ0v) is 15.4. The van der Waals surface area contributed by atoms with Crippen LogP contribution in [-0.4, -0.2) is 55.0 Å². The third-order valence-corrected chi connectivity index (χ3v) is 5.08. The molecule has 1 saturated carbocycles. The fourth-order valence-electron chi connectivity index (χ4n) is 3.84. The summed E-state index contributed by atoms with van der Waals surface area (Å²) < 4.78 is 11.1. The quantitative estimate of drug-likeness (QED) is 0.862. The van der Waals surface area contributed by atoms with Crippen molar-refractivity contribution in [1.29, 1.82) is 0 Å². The highest BCUT2D eigenvalue weighted by Crippen LogP contribution is 2.28. The number of carbonyl (C=O) groups is 1. The van der Waals surface area contributed by atoms with Gasteiger partial charge in [-0.25, -0.2) is 4.79 Å². The van der Waals surface area contributed by atoms with E-state index in [9.17, 15) is 4.79 Å². The molecule has 0 aromatic heterocycles. The average Bonchev–Trinajstić information content (AvgIpc) is 2.89. The van der Waals surface area contributed by atoms with Gasteiger partial charge in [0.15, 0.2) is 0 Å². The Hall–Kier alpha value is -0.810. The molecule has 2 aliphatic rings. The van der Waals surface area contributed by atoms with E-state index in [1.807, 2.05) is 20.8 Å². The van der Waals surface area contributed by atoms with E-state index >= 15 is 0 Å². The van der Waals surface area contributed by atoms with Gasteiger partial charge >= 0.3 is 6.09 Å². The van der Waals surface area contributed by atoms with Crippen molar-refractivity contribution in [2.45, 2.75) is 83.6 Å². The average molecular weight is 326 g/mol. The third-order valence-electron chi connectivity index (χ3n) is 5.08. The van der Waals surface area contributed by atoms with Crippen molar-refractivity contribution in [3.05, 3.63) is 0 Å². The Morgan fingerprint density at radius 2 is 1.87 bits per heavy atom. The second-order valence-corrected chi connectivity index (χ2v) is 7.99. The molecule has 1 amide bonds. The third kappa shape index (κ3) is 5.08. The summed E-state index contributed by atoms with van der Waals surface area (Å²) in [7, 11) is 1.73. The van der Waals surface area contributed by atoms with Crippen LogP contribution in [0, 0.1) is 5.92 Å². The van der Waals surface area contributed by atoms with Crippen LogP contribution in [0.3, 0.4) is 0 Å². The number of carbonyl (C=O) groups excluding carboxylic acids is 1. The minimum Gasteiger partial charge on any atom is -0.444 e. The van der Waals surface area contributed by atoms with Crippen LogP contribution in [0.4, 0.5) is 4.79 Å². The maximum absolute atomic E-state index is 12.3. The zero-order chi connectivity index (χ0) is 17.0. The number of methoxy groups -OCH3 is 1. The van der Waals surface area contributed by atoms with Crippen molar-refractivity contribution in [2.75, 3.05) is 20.2 Å². The summed E-state index contributed by atoms with van der Waals surface area (Å²) in [5.41, 5.74) is -0.457. The van der Waals surface area contributed by atoms with Gasteiger partial charge in [-0.2, -0.15) is 0 Å². The van der Waals surface area contributed by atoms with Crippen LogP contribution < -0.4 is 5.32 Å². The first-order chi connectivity index (χ1) is 10.8. The Kier molecular flexibility index (Phi) is 6.32. The lowest BCUT2D eigenvalue weighted by Gasteiger charge is -2.35. The first kappa shape index (κ1) is 18.5. The maximum atomic E-state index is 12.3. The molecule has 0 aromatic carbocycles. The lowest BCUT2D eigenvalue weighted by Crippen LogP contribution is -2.49. The highest BCUT2D eigenvalue weighted by Gasteiger charge is 2.39. The van der Waals surface area contributed by atoms with Crippen molar-refractivity contribution in [1.82, 2.24) is 10.2 Å². The molecule has 1 aliphatic carbocycles. The normalized spacial score (nSPS) is 32.1. The molecular weight excluding hydrogens is 292 g/mol. The van der Waals surface area contributed by atoms with E-state index in [2.05, 4.69) is 12.2 Å². The number of rotatable bonds is 4. The lowest BCUT2D eigenvalue weighted by molar-refractivity contribution is 0.0252. The first-order valence-corrected chi connectivity index (χ1v) is 9.10. The molecule has 2 fully saturated rings. The van der Waals surface area contributed by atoms with Crippen LogP contribution >= 0.6 is 0 Å². The van der Waals surface area contributed by atoms with Gasteiger partial charge in [0.05, 0.1) is 18.7 Å². The number of likely N-dealkylation sites (tertiary alicyclic amines) is 1. The highest BCUT2D eigenvalue weighted by atomic mass is 16.6. The minimum atomic E-state index is -0.457. The van der Waals surface area contributed by atoms with Gasteiger partial charge in [-0.15, -0.1) is 0 Å². The molecule has 23 heavy (non-hydrogen) atoms. The van der Waals surface area contributed by atoms with Crippen LogP contribution in [0.1, 0.15) is 59.8 Å². The molecule has 4 atom stereocenters. The molecule has 1 saturated heterocycles. The van der Waals surface area contributed by atoms with Crippen molar-refractivity contribution in [3.63, 3.8) is 0 Å². The van der Waals surface area contributed by atoms with E-state index in [0.29, 0.717) is 19.1 Å². The molecule has 0 aromatic rings. The predicted octanol–water partition coefficient (Wildman–Crippen LogP) is 3.18. The molecule has 134 valence electrons. The van der Waals surface area contributed by atoms with Gasteiger partial charge in [0.2, 0.25) is 0 Å². The van der Waals surface area contributed by atoms with Crippen molar-refractivity contribution >= 4 is 6.09 Å². The predicted molar refractivity (Wildman–Crippen MR) is 91.6 cm³/mol. The zero-order valence-electron chi connectivity index (χ0n) is 15.4. The molecule has 0 radical (unpaired) electrons. The Labute approximate surface area is 141 Å². The number of hydrogen-bond acceptors (Lipinski definition) is 4. The molecule has 1 aliphatic heterocycles. The van der Waals surface area contributed by atoms with E-state index in [1.54, 1.807) is 12.0 Å². The Morgan fingerprint density at radius 1 is 1.17 bits per heavy atom. The second kappa shape index (κ2) is 7.84. The molecule has 2 rings (SSSR count). The topological polar surface area (TPSA) is 50.8 Å². The van der Waals surface area contributed by atoms with E-state index in [4.69, 9.17) is 9.47 Å². The lowest BCUT2D eigenvalue weighted by atomic mass is 9.82. The summed E-state index contributed by atoms with van der Waals surface area (Å²) in [6.07, 6.45) is 6.22. The van der Waals surface area contributed by atoms with E-state index in [-0.39, 0.29) is 18.2 Å². The minimum absolute atomic E-state index is 0.0435. The Morgan fingerprint density at radius 3 is 2.48 bits per heavy atom. The number of nitrogens with one attached hydrogen (secondary N) is 1. The smallest absolute Gasteiger partial charge is 0.410 e. The van der Waals surface area contributed by atoms with Gasteiger partial charge < -0.3 is 19.7 Å². The number of hydrogen-bond donors (Lipinski definition) is 1. The molecule has 1 heterocycles. The van der Waals surface area contributed by atoms with Gasteiger partial charge in [-0.05, 0) is 39.5 Å². The van der Waals surface area contributed by atoms with E-state index < -0.39 is 5.60 Å². The van der Waals surface area contributed by atoms with Crippen LogP contribution in [0.25, 0.3) is 0 Å². The van der Waals surface area contributed by atoms with E-state index in [0.717, 1.165) is 5.92 Å². The molecule has 5 nitrogen and oxygen atoms in total. The Balaban J connectivity index is 1.94. The highest BCUT2D eigenvalue weighted by molar-refractivity contribution is 5.68. The molecule has 0 bridgehead atoms. The second-order valence-electron chi connectivity index (χ2n) is 7.99. The number of amides is 1. The van der Waals surface area contributed by atoms with E-state index in [1.165, 1.54) is 32.1 Å². The number of nitrogens with zero attached hydrogens (tertiary/aromatic N) is 1. The molecule has 0 spiro atoms. The van der Waals surface area contributed by atoms with Crippen LogP contribution in [0.15, 0.2) is 0 Å². The SMILES string of the molecule is CCC1CCCCC1NC1CN(C(=O)OC(C)(C)C)C[C@@H]1OC. The van der Waals surface area contributed by atoms with Crippen molar-refractivity contribution in [3.8, 4) is 0 Å². The summed E-state index contributed by atoms with van der Waals surface area (Å²) >= 11 is 0. The summed E-state index contributed by atoms with van der Waals surface area (Å²) in [4.78, 5) is 14.1. The van der Waals surface area contributed by atoms with Crippen molar-refractivity contribution < 1.29 is 14.3 Å². The summed E-state index contributed by atoms with van der Waals surface area (Å²) in [5, 5.41) is 3.79. The summed E-state index contributed by atoms with van der Waals surface area (Å²) in [6, 6.07) is 0.750. The van der Waals surface area contributed by atoms with Gasteiger partial charge in [0.1, 0.15) is 5.60 Å². The maximum Gasteiger partial charge on any atom is 0.410 e. The number of ether oxygens (including phenoxy) is 2. The van der Waals surface area contributed by atoms with Crippen LogP contribution in [-0.2, 0) is 9.47 Å². The standard InChI is InChI=1S/C18H34N2O3/c1-6-13-9-7-8-10-14(13)19-15-11-20(12-16(15)22-5)17(21)23-18(2,3)4/h13-16,19H,6-12H2,1-5H3/t13?,14?,15?,16-/m0/s1. The summed E-state index contributed by atoms with van der Waals surface area (Å²) in [5.74, 6) is 0.747. The van der Waals surface area contributed by atoms with Gasteiger partial charge in [0.25, 0.3) is 0 Å². The summed E-state index contributed by atoms with van der Waals surface area (Å²) in [6.45, 7) is 9.25. The van der Waals surface area contributed by atoms with Gasteiger partial charge in [-0.1, -0.05) is 26.2 Å². The largest absolute Gasteiger partial charge is 0.444 e. The van der Waals surface area contributed by atoms with Gasteiger partial charge in [0, 0.05) is 19.7 Å². The first-order valence-electron chi connectivity index (χ1n) is 9.10. The Bertz CT molecular complexity index is 394. The van der Waals surface area contributed by atoms with Crippen molar-refractivity contribution in [2.24, 2.45) is 5.92 Å². The van der Waals surface area contributed by atoms with Crippen LogP contribution in [0.5, 0.6) is 0 Å². The molecule has 5 heteroatoms. The monoisotopic (exact) mass is 326 g/mol.